The molecule has 1 aromatic carbocycles. The Kier molecular flexibility index (Phi) is 6.59. The normalized spacial score (nSPS) is 15.8. The molecule has 0 saturated heterocycles. The van der Waals surface area contributed by atoms with Crippen molar-refractivity contribution in [3.05, 3.63) is 59.9 Å². The van der Waals surface area contributed by atoms with Gasteiger partial charge in [0.1, 0.15) is 0 Å². The number of pyridine rings is 1. The maximum Gasteiger partial charge on any atom is 0.416 e. The van der Waals surface area contributed by atoms with Crippen molar-refractivity contribution in [3.63, 3.8) is 0 Å². The first kappa shape index (κ1) is 21.6. The van der Waals surface area contributed by atoms with E-state index in [0.29, 0.717) is 23.8 Å². The fourth-order valence-corrected chi connectivity index (χ4v) is 3.48. The Morgan fingerprint density at radius 3 is 2.60 bits per heavy atom. The zero-order chi connectivity index (χ0) is 21.6. The lowest BCUT2D eigenvalue weighted by Gasteiger charge is -2.43. The minimum absolute atomic E-state index is 0.00880. The van der Waals surface area contributed by atoms with Gasteiger partial charge in [0.2, 0.25) is 5.91 Å². The van der Waals surface area contributed by atoms with Crippen molar-refractivity contribution in [1.82, 2.24) is 15.6 Å². The molecule has 30 heavy (non-hydrogen) atoms. The first-order chi connectivity index (χ1) is 14.3. The lowest BCUT2D eigenvalue weighted by molar-refractivity contribution is -0.137. The Morgan fingerprint density at radius 1 is 1.20 bits per heavy atom. The standard InChI is InChI=1S/C21H24F3N5O/c1-25-19(27-13-18(30)29-17-7-3-10-26-12-17)28-14-20(8-4-9-20)15-5-2-6-16(11-15)21(22,23)24/h2-3,5-7,10-12H,4,8-9,13-14H2,1H3,(H,29,30)(H2,25,27,28). The van der Waals surface area contributed by atoms with Crippen molar-refractivity contribution in [2.75, 3.05) is 25.5 Å². The van der Waals surface area contributed by atoms with Crippen molar-refractivity contribution < 1.29 is 18.0 Å². The van der Waals surface area contributed by atoms with Crippen LogP contribution in [0.4, 0.5) is 18.9 Å². The number of aromatic nitrogens is 1. The third kappa shape index (κ3) is 5.28. The second kappa shape index (κ2) is 9.15. The highest BCUT2D eigenvalue weighted by Crippen LogP contribution is 2.44. The van der Waals surface area contributed by atoms with Gasteiger partial charge in [-0.25, -0.2) is 0 Å². The Labute approximate surface area is 173 Å². The van der Waals surface area contributed by atoms with E-state index in [9.17, 15) is 18.0 Å². The molecule has 1 aliphatic carbocycles. The third-order valence-corrected chi connectivity index (χ3v) is 5.29. The fraction of sp³-hybridized carbons (Fsp3) is 0.381. The van der Waals surface area contributed by atoms with E-state index in [1.165, 1.54) is 12.1 Å². The molecule has 6 nitrogen and oxygen atoms in total. The van der Waals surface area contributed by atoms with Gasteiger partial charge >= 0.3 is 6.18 Å². The molecule has 0 unspecified atom stereocenters. The quantitative estimate of drug-likeness (QED) is 0.496. The van der Waals surface area contributed by atoms with Gasteiger partial charge in [-0.15, -0.1) is 0 Å². The highest BCUT2D eigenvalue weighted by atomic mass is 19.4. The summed E-state index contributed by atoms with van der Waals surface area (Å²) in [6, 6.07) is 8.97. The lowest BCUT2D eigenvalue weighted by atomic mass is 9.64. The van der Waals surface area contributed by atoms with Crippen molar-refractivity contribution in [2.24, 2.45) is 4.99 Å². The maximum absolute atomic E-state index is 13.1. The second-order valence-electron chi connectivity index (χ2n) is 7.28. The van der Waals surface area contributed by atoms with Crippen LogP contribution in [0.25, 0.3) is 0 Å². The molecular weight excluding hydrogens is 395 g/mol. The molecule has 1 aliphatic rings. The van der Waals surface area contributed by atoms with E-state index < -0.39 is 11.7 Å². The predicted molar refractivity (Wildman–Crippen MR) is 109 cm³/mol. The van der Waals surface area contributed by atoms with Crippen molar-refractivity contribution in [2.45, 2.75) is 30.9 Å². The number of hydrogen-bond acceptors (Lipinski definition) is 3. The van der Waals surface area contributed by atoms with Gasteiger partial charge in [0, 0.05) is 25.2 Å². The SMILES string of the molecule is CN=C(NCC(=O)Nc1cccnc1)NCC1(c2cccc(C(F)(F)F)c2)CCC1. The Balaban J connectivity index is 1.57. The summed E-state index contributed by atoms with van der Waals surface area (Å²) in [6.07, 6.45) is 1.32. The van der Waals surface area contributed by atoms with Crippen molar-refractivity contribution in [3.8, 4) is 0 Å². The topological polar surface area (TPSA) is 78.4 Å². The number of carbonyl (C=O) groups is 1. The monoisotopic (exact) mass is 419 g/mol. The summed E-state index contributed by atoms with van der Waals surface area (Å²) in [7, 11) is 1.58. The molecule has 1 fully saturated rings. The smallest absolute Gasteiger partial charge is 0.356 e. The molecule has 3 rings (SSSR count). The number of carbonyl (C=O) groups excluding carboxylic acids is 1. The van der Waals surface area contributed by atoms with Gasteiger partial charge in [0.05, 0.1) is 24.0 Å². The number of halogens is 3. The van der Waals surface area contributed by atoms with Crippen LogP contribution in [0.1, 0.15) is 30.4 Å². The summed E-state index contributed by atoms with van der Waals surface area (Å²) in [6.45, 7) is 0.420. The number of benzene rings is 1. The average Bonchev–Trinajstić information content (AvgIpc) is 2.70. The molecule has 1 amide bonds. The molecular formula is C21H24F3N5O. The molecule has 3 N–H and O–H groups in total. The molecule has 0 bridgehead atoms. The Hall–Kier alpha value is -3.10. The second-order valence-corrected chi connectivity index (χ2v) is 7.28. The van der Waals surface area contributed by atoms with E-state index in [-0.39, 0.29) is 17.9 Å². The van der Waals surface area contributed by atoms with Crippen LogP contribution in [0, 0.1) is 0 Å². The first-order valence-electron chi connectivity index (χ1n) is 9.64. The van der Waals surface area contributed by atoms with E-state index in [1.807, 2.05) is 0 Å². The number of nitrogens with zero attached hydrogens (tertiary/aromatic N) is 2. The Bertz CT molecular complexity index is 895. The molecule has 0 aliphatic heterocycles. The fourth-order valence-electron chi connectivity index (χ4n) is 3.48. The summed E-state index contributed by atoms with van der Waals surface area (Å²) in [5, 5.41) is 8.79. The van der Waals surface area contributed by atoms with Gasteiger partial charge in [-0.2, -0.15) is 13.2 Å². The number of nitrogens with one attached hydrogen (secondary N) is 3. The maximum atomic E-state index is 13.1. The molecule has 1 heterocycles. The minimum Gasteiger partial charge on any atom is -0.356 e. The minimum atomic E-state index is -4.37. The third-order valence-electron chi connectivity index (χ3n) is 5.29. The van der Waals surface area contributed by atoms with E-state index in [1.54, 1.807) is 37.6 Å². The van der Waals surface area contributed by atoms with Gasteiger partial charge in [-0.1, -0.05) is 24.6 Å². The summed E-state index contributed by atoms with van der Waals surface area (Å²) < 4.78 is 39.3. The molecule has 0 spiro atoms. The van der Waals surface area contributed by atoms with Gasteiger partial charge in [0.25, 0.3) is 0 Å². The molecule has 2 aromatic rings. The predicted octanol–water partition coefficient (Wildman–Crippen LogP) is 3.33. The largest absolute Gasteiger partial charge is 0.416 e. The van der Waals surface area contributed by atoms with Crippen LogP contribution in [0.3, 0.4) is 0 Å². The molecule has 0 atom stereocenters. The van der Waals surface area contributed by atoms with E-state index in [0.717, 1.165) is 25.3 Å². The van der Waals surface area contributed by atoms with Gasteiger partial charge < -0.3 is 16.0 Å². The van der Waals surface area contributed by atoms with Crippen LogP contribution in [-0.4, -0.2) is 37.0 Å². The number of aliphatic imine (C=N–C) groups is 1. The van der Waals surface area contributed by atoms with Crippen LogP contribution in [-0.2, 0) is 16.4 Å². The molecule has 0 radical (unpaired) electrons. The van der Waals surface area contributed by atoms with Crippen LogP contribution in [0.15, 0.2) is 53.8 Å². The molecule has 1 aromatic heterocycles. The highest BCUT2D eigenvalue weighted by Gasteiger charge is 2.40. The number of alkyl halides is 3. The lowest BCUT2D eigenvalue weighted by Crippen LogP contribution is -2.50. The summed E-state index contributed by atoms with van der Waals surface area (Å²) in [5.41, 5.74) is 0.239. The zero-order valence-electron chi connectivity index (χ0n) is 16.6. The van der Waals surface area contributed by atoms with Gasteiger partial charge in [0.15, 0.2) is 5.96 Å². The van der Waals surface area contributed by atoms with Gasteiger partial charge in [-0.3, -0.25) is 14.8 Å². The van der Waals surface area contributed by atoms with Gasteiger partial charge in [-0.05, 0) is 36.6 Å². The number of guanidine groups is 1. The molecule has 160 valence electrons. The average molecular weight is 419 g/mol. The van der Waals surface area contributed by atoms with Crippen molar-refractivity contribution >= 4 is 17.6 Å². The summed E-state index contributed by atoms with van der Waals surface area (Å²) in [4.78, 5) is 20.1. The molecule has 1 saturated carbocycles. The first-order valence-corrected chi connectivity index (χ1v) is 9.64. The van der Waals surface area contributed by atoms with E-state index in [4.69, 9.17) is 0 Å². The van der Waals surface area contributed by atoms with Crippen LogP contribution in [0.5, 0.6) is 0 Å². The number of rotatable bonds is 6. The zero-order valence-corrected chi connectivity index (χ0v) is 16.6. The number of amides is 1. The Morgan fingerprint density at radius 2 is 2.00 bits per heavy atom. The summed E-state index contributed by atoms with van der Waals surface area (Å²) in [5.74, 6) is 0.150. The van der Waals surface area contributed by atoms with Crippen LogP contribution in [0.2, 0.25) is 0 Å². The van der Waals surface area contributed by atoms with Crippen molar-refractivity contribution in [1.29, 1.82) is 0 Å². The summed E-state index contributed by atoms with van der Waals surface area (Å²) >= 11 is 0. The van der Waals surface area contributed by atoms with Crippen LogP contribution < -0.4 is 16.0 Å². The highest BCUT2D eigenvalue weighted by molar-refractivity contribution is 5.94. The number of hydrogen-bond donors (Lipinski definition) is 3. The van der Waals surface area contributed by atoms with E-state index in [2.05, 4.69) is 25.9 Å². The van der Waals surface area contributed by atoms with E-state index >= 15 is 0 Å². The molecule has 9 heteroatoms. The number of anilines is 1. The van der Waals surface area contributed by atoms with Crippen LogP contribution >= 0.6 is 0 Å².